The third kappa shape index (κ3) is 5.37. The minimum Gasteiger partial charge on any atom is -0.396 e. The Hall–Kier alpha value is -2.63. The number of fused-ring (bicyclic) bond motifs is 3. The Morgan fingerprint density at radius 1 is 0.941 bits per heavy atom. The molecule has 34 heavy (non-hydrogen) atoms. The van der Waals surface area contributed by atoms with E-state index in [2.05, 4.69) is 41.8 Å². The van der Waals surface area contributed by atoms with Gasteiger partial charge in [-0.05, 0) is 47.9 Å². The van der Waals surface area contributed by atoms with Crippen molar-refractivity contribution in [1.29, 1.82) is 0 Å². The lowest BCUT2D eigenvalue weighted by atomic mass is 9.84. The van der Waals surface area contributed by atoms with Crippen LogP contribution in [0, 0.1) is 5.92 Å². The summed E-state index contributed by atoms with van der Waals surface area (Å²) in [6.45, 7) is 3.99. The first-order valence-corrected chi connectivity index (χ1v) is 13.6. The molecule has 4 nitrogen and oxygen atoms in total. The number of quaternary nitrogens is 1. The summed E-state index contributed by atoms with van der Waals surface area (Å²) < 4.78 is 7.34. The van der Waals surface area contributed by atoms with Crippen LogP contribution in [0.25, 0.3) is 0 Å². The first-order valence-electron chi connectivity index (χ1n) is 12.7. The Kier molecular flexibility index (Phi) is 7.31. The summed E-state index contributed by atoms with van der Waals surface area (Å²) in [6.07, 6.45) is 6.39. The number of para-hydroxylation sites is 1. The van der Waals surface area contributed by atoms with Crippen LogP contribution in [0.1, 0.15) is 36.1 Å². The average molecular weight is 476 g/mol. The van der Waals surface area contributed by atoms with Crippen molar-refractivity contribution in [3.8, 4) is 0 Å². The van der Waals surface area contributed by atoms with E-state index in [1.54, 1.807) is 0 Å². The molecule has 0 radical (unpaired) electrons. The van der Waals surface area contributed by atoms with Gasteiger partial charge in [-0.1, -0.05) is 54.6 Å². The van der Waals surface area contributed by atoms with Crippen LogP contribution in [-0.2, 0) is 17.6 Å². The molecule has 1 aromatic heterocycles. The molecule has 3 saturated heterocycles. The second kappa shape index (κ2) is 10.7. The number of carbonyl (C=O) groups excluding carboxylic acids is 1. The van der Waals surface area contributed by atoms with Gasteiger partial charge in [0.25, 0.3) is 0 Å². The van der Waals surface area contributed by atoms with Crippen molar-refractivity contribution < 1.29 is 14.0 Å². The minimum atomic E-state index is -0.199. The summed E-state index contributed by atoms with van der Waals surface area (Å²) >= 11 is 1.84. The van der Waals surface area contributed by atoms with Crippen molar-refractivity contribution in [2.45, 2.75) is 44.8 Å². The minimum absolute atomic E-state index is 0.0220. The van der Waals surface area contributed by atoms with E-state index in [0.29, 0.717) is 12.5 Å². The molecule has 3 aliphatic rings. The van der Waals surface area contributed by atoms with Crippen molar-refractivity contribution >= 4 is 23.1 Å². The van der Waals surface area contributed by atoms with Gasteiger partial charge in [-0.2, -0.15) is 0 Å². The third-order valence-electron chi connectivity index (χ3n) is 7.71. The number of nitrogens with zero attached hydrogens (tertiary/aromatic N) is 2. The molecule has 3 fully saturated rings. The van der Waals surface area contributed by atoms with Gasteiger partial charge in [-0.15, -0.1) is 11.3 Å². The molecule has 1 amide bonds. The fourth-order valence-electron chi connectivity index (χ4n) is 5.72. The first-order chi connectivity index (χ1) is 16.7. The van der Waals surface area contributed by atoms with Gasteiger partial charge in [0.05, 0.1) is 19.6 Å². The maximum absolute atomic E-state index is 13.6. The van der Waals surface area contributed by atoms with Gasteiger partial charge in [0, 0.05) is 42.8 Å². The molecule has 2 bridgehead atoms. The Labute approximate surface area is 207 Å². The highest BCUT2D eigenvalue weighted by Crippen LogP contribution is 2.39. The summed E-state index contributed by atoms with van der Waals surface area (Å²) in [4.78, 5) is 16.9. The van der Waals surface area contributed by atoms with E-state index in [9.17, 15) is 4.79 Å². The maximum Gasteiger partial charge on any atom is 0.418 e. The molecule has 5 heteroatoms. The Morgan fingerprint density at radius 3 is 2.38 bits per heavy atom. The van der Waals surface area contributed by atoms with Gasteiger partial charge in [0.2, 0.25) is 6.23 Å². The van der Waals surface area contributed by atoms with E-state index >= 15 is 0 Å². The Morgan fingerprint density at radius 2 is 1.68 bits per heavy atom. The van der Waals surface area contributed by atoms with E-state index < -0.39 is 0 Å². The molecule has 178 valence electrons. The summed E-state index contributed by atoms with van der Waals surface area (Å²) in [6, 6.07) is 24.7. The molecule has 3 aliphatic heterocycles. The molecule has 0 N–H and O–H groups in total. The van der Waals surface area contributed by atoms with Crippen molar-refractivity contribution in [3.63, 3.8) is 0 Å². The van der Waals surface area contributed by atoms with E-state index in [1.165, 1.54) is 23.3 Å². The van der Waals surface area contributed by atoms with Crippen molar-refractivity contribution in [3.05, 3.63) is 88.6 Å². The largest absolute Gasteiger partial charge is 0.418 e. The van der Waals surface area contributed by atoms with Crippen LogP contribution in [0.4, 0.5) is 10.5 Å². The van der Waals surface area contributed by atoms with Crippen LogP contribution >= 0.6 is 11.3 Å². The van der Waals surface area contributed by atoms with Crippen LogP contribution in [-0.4, -0.2) is 43.0 Å². The topological polar surface area (TPSA) is 29.5 Å². The number of rotatable bonds is 9. The molecular formula is C29H35N2O2S+. The number of amides is 1. The van der Waals surface area contributed by atoms with E-state index in [1.807, 2.05) is 52.6 Å². The lowest BCUT2D eigenvalue weighted by Gasteiger charge is -2.53. The number of ether oxygens (including phenoxy) is 1. The second-order valence-corrected chi connectivity index (χ2v) is 10.8. The van der Waals surface area contributed by atoms with E-state index in [4.69, 9.17) is 4.74 Å². The molecule has 3 aromatic rings. The Balaban J connectivity index is 1.28. The first kappa shape index (κ1) is 23.1. The smallest absolute Gasteiger partial charge is 0.396 e. The highest BCUT2D eigenvalue weighted by molar-refractivity contribution is 7.09. The van der Waals surface area contributed by atoms with Gasteiger partial charge in [0.1, 0.15) is 0 Å². The molecule has 0 unspecified atom stereocenters. The average Bonchev–Trinajstić information content (AvgIpc) is 3.40. The third-order valence-corrected chi connectivity index (χ3v) is 8.65. The number of piperidine rings is 3. The predicted octanol–water partition coefficient (Wildman–Crippen LogP) is 6.52. The summed E-state index contributed by atoms with van der Waals surface area (Å²) in [5.41, 5.74) is 2.14. The standard InChI is InChI=1S/C29H35N2O2S/c32-29(30(26-11-5-2-6-12-26)18-15-24-9-3-1-4-10-24)33-28-23-25-16-20-31(28,21-17-25)19-7-13-27-14-8-22-34-27/h1-6,8-12,14,22,25,28H,7,13,15-21,23H2/q+1/t25?,28-,31?/m1/s1. The molecule has 4 heterocycles. The zero-order chi connectivity index (χ0) is 23.2. The number of aryl methyl sites for hydroxylation is 1. The van der Waals surface area contributed by atoms with Gasteiger partial charge >= 0.3 is 6.09 Å². The number of benzene rings is 2. The number of anilines is 1. The Bertz CT molecular complexity index is 1030. The maximum atomic E-state index is 13.6. The summed E-state index contributed by atoms with van der Waals surface area (Å²) in [7, 11) is 0. The highest BCUT2D eigenvalue weighted by atomic mass is 32.1. The lowest BCUT2D eigenvalue weighted by Crippen LogP contribution is -2.66. The van der Waals surface area contributed by atoms with E-state index in [0.717, 1.165) is 55.5 Å². The highest BCUT2D eigenvalue weighted by Gasteiger charge is 2.49. The van der Waals surface area contributed by atoms with Crippen LogP contribution in [0.2, 0.25) is 0 Å². The summed E-state index contributed by atoms with van der Waals surface area (Å²) in [5, 5.41) is 2.16. The SMILES string of the molecule is O=C(O[C@@H]1CC2CC[N+]1(CCCc1cccs1)CC2)N(CCc1ccccc1)c1ccccc1. The van der Waals surface area contributed by atoms with Gasteiger partial charge in [0.15, 0.2) is 0 Å². The van der Waals surface area contributed by atoms with Crippen molar-refractivity contribution in [2.75, 3.05) is 31.1 Å². The molecule has 0 saturated carbocycles. The second-order valence-electron chi connectivity index (χ2n) is 9.81. The normalized spacial score (nSPS) is 23.5. The van der Waals surface area contributed by atoms with Gasteiger partial charge in [-0.25, -0.2) is 4.79 Å². The van der Waals surface area contributed by atoms with Crippen LogP contribution < -0.4 is 4.90 Å². The number of hydrogen-bond donors (Lipinski definition) is 0. The number of hydrogen-bond acceptors (Lipinski definition) is 3. The van der Waals surface area contributed by atoms with Crippen LogP contribution in [0.3, 0.4) is 0 Å². The number of thiophene rings is 1. The lowest BCUT2D eigenvalue weighted by molar-refractivity contribution is -0.984. The van der Waals surface area contributed by atoms with Gasteiger partial charge < -0.3 is 4.74 Å². The van der Waals surface area contributed by atoms with Crippen LogP contribution in [0.15, 0.2) is 78.2 Å². The molecule has 1 atom stereocenters. The summed E-state index contributed by atoms with van der Waals surface area (Å²) in [5.74, 6) is 0.699. The van der Waals surface area contributed by atoms with E-state index in [-0.39, 0.29) is 12.3 Å². The molecule has 0 spiro atoms. The predicted molar refractivity (Wildman–Crippen MR) is 139 cm³/mol. The fraction of sp³-hybridized carbons (Fsp3) is 0.414. The molecular weight excluding hydrogens is 440 g/mol. The zero-order valence-corrected chi connectivity index (χ0v) is 20.7. The molecule has 2 aromatic carbocycles. The zero-order valence-electron chi connectivity index (χ0n) is 19.9. The monoisotopic (exact) mass is 475 g/mol. The quantitative estimate of drug-likeness (QED) is 0.330. The van der Waals surface area contributed by atoms with Crippen molar-refractivity contribution in [2.24, 2.45) is 5.92 Å². The molecule has 6 rings (SSSR count). The van der Waals surface area contributed by atoms with Crippen LogP contribution in [0.5, 0.6) is 0 Å². The van der Waals surface area contributed by atoms with Gasteiger partial charge in [-0.3, -0.25) is 9.38 Å². The number of carbonyl (C=O) groups is 1. The van der Waals surface area contributed by atoms with Crippen molar-refractivity contribution in [1.82, 2.24) is 0 Å². The fourth-order valence-corrected chi connectivity index (χ4v) is 6.47. The molecule has 0 aliphatic carbocycles.